The normalized spacial score (nSPS) is 14.8. The maximum atomic E-state index is 10.9. The summed E-state index contributed by atoms with van der Waals surface area (Å²) in [6.07, 6.45) is 3.90. The second-order valence-electron chi connectivity index (χ2n) is 2.81. The lowest BCUT2D eigenvalue weighted by molar-refractivity contribution is -0.122. The molecule has 0 aromatic heterocycles. The second-order valence-corrected chi connectivity index (χ2v) is 2.81. The third-order valence-corrected chi connectivity index (χ3v) is 1.80. The van der Waals surface area contributed by atoms with Crippen LogP contribution in [0.5, 0.6) is 0 Å². The average Bonchev–Trinajstić information content (AvgIpc) is 2.01. The molecule has 2 heteroatoms. The van der Waals surface area contributed by atoms with E-state index in [-0.39, 0.29) is 5.78 Å². The molecule has 0 radical (unpaired) electrons. The van der Waals surface area contributed by atoms with Gasteiger partial charge in [-0.25, -0.2) is 0 Å². The predicted molar refractivity (Wildman–Crippen MR) is 49.8 cm³/mol. The van der Waals surface area contributed by atoms with Crippen molar-refractivity contribution >= 4 is 5.78 Å². The molecule has 1 N–H and O–H groups in total. The van der Waals surface area contributed by atoms with Crippen LogP contribution in [0, 0.1) is 5.92 Å². The number of aliphatic hydroxyl groups excluding tert-OH is 1. The molecule has 0 aliphatic heterocycles. The Hall–Kier alpha value is -0.890. The third kappa shape index (κ3) is 3.49. The molecular weight excluding hydrogens is 152 g/mol. The zero-order valence-electron chi connectivity index (χ0n) is 7.49. The number of rotatable bonds is 6. The van der Waals surface area contributed by atoms with Crippen LogP contribution in [0.1, 0.15) is 19.8 Å². The number of allylic oxidation sites excluding steroid dienone is 1. The summed E-state index contributed by atoms with van der Waals surface area (Å²) in [6.45, 7) is 8.51. The first-order chi connectivity index (χ1) is 5.63. The van der Waals surface area contributed by atoms with Gasteiger partial charge in [-0.05, 0) is 19.8 Å². The molecule has 0 amide bonds. The van der Waals surface area contributed by atoms with E-state index in [1.54, 1.807) is 6.08 Å². The minimum atomic E-state index is -0.613. The molecule has 2 unspecified atom stereocenters. The quantitative estimate of drug-likeness (QED) is 0.613. The largest absolute Gasteiger partial charge is 0.392 e. The van der Waals surface area contributed by atoms with Gasteiger partial charge < -0.3 is 5.11 Å². The van der Waals surface area contributed by atoms with Crippen molar-refractivity contribution in [1.82, 2.24) is 0 Å². The Bertz CT molecular complexity index is 173. The minimum absolute atomic E-state index is 0.0402. The van der Waals surface area contributed by atoms with Gasteiger partial charge in [-0.15, -0.1) is 13.2 Å². The molecule has 0 aliphatic carbocycles. The van der Waals surface area contributed by atoms with Gasteiger partial charge in [0.15, 0.2) is 0 Å². The second kappa shape index (κ2) is 5.72. The molecule has 0 aliphatic rings. The predicted octanol–water partition coefficient (Wildman–Crippen LogP) is 1.70. The summed E-state index contributed by atoms with van der Waals surface area (Å²) in [7, 11) is 0. The van der Waals surface area contributed by atoms with Gasteiger partial charge in [0.05, 0.1) is 12.0 Å². The van der Waals surface area contributed by atoms with E-state index in [1.807, 2.05) is 0 Å². The molecule has 2 nitrogen and oxygen atoms in total. The van der Waals surface area contributed by atoms with Gasteiger partial charge in [0, 0.05) is 0 Å². The van der Waals surface area contributed by atoms with Crippen LogP contribution in [0.15, 0.2) is 25.3 Å². The SMILES string of the molecule is C=CCCC(O)C(C=C)C(C)=O. The standard InChI is InChI=1S/C10H16O2/c1-4-6-7-10(12)9(5-2)8(3)11/h4-5,9-10,12H,1-2,6-7H2,3H3. The van der Waals surface area contributed by atoms with E-state index < -0.39 is 12.0 Å². The number of hydrogen-bond donors (Lipinski definition) is 1. The van der Waals surface area contributed by atoms with Crippen LogP contribution in [0.4, 0.5) is 0 Å². The minimum Gasteiger partial charge on any atom is -0.392 e. The van der Waals surface area contributed by atoms with Crippen LogP contribution in [-0.4, -0.2) is 17.0 Å². The lowest BCUT2D eigenvalue weighted by Gasteiger charge is -2.15. The van der Waals surface area contributed by atoms with Crippen LogP contribution in [0.2, 0.25) is 0 Å². The van der Waals surface area contributed by atoms with E-state index in [1.165, 1.54) is 13.0 Å². The third-order valence-electron chi connectivity index (χ3n) is 1.80. The smallest absolute Gasteiger partial charge is 0.139 e. The van der Waals surface area contributed by atoms with E-state index in [0.29, 0.717) is 6.42 Å². The number of aliphatic hydroxyl groups is 1. The number of Topliss-reactive ketones (excluding diaryl/α,β-unsaturated/α-hetero) is 1. The Morgan fingerprint density at radius 1 is 1.58 bits per heavy atom. The van der Waals surface area contributed by atoms with Crippen LogP contribution in [0.25, 0.3) is 0 Å². The van der Waals surface area contributed by atoms with E-state index >= 15 is 0 Å². The monoisotopic (exact) mass is 168 g/mol. The molecule has 0 rings (SSSR count). The Balaban J connectivity index is 4.01. The van der Waals surface area contributed by atoms with E-state index in [0.717, 1.165) is 6.42 Å². The first kappa shape index (κ1) is 11.1. The zero-order chi connectivity index (χ0) is 9.56. The van der Waals surface area contributed by atoms with Crippen molar-refractivity contribution in [3.8, 4) is 0 Å². The fraction of sp³-hybridized carbons (Fsp3) is 0.500. The molecule has 68 valence electrons. The molecule has 0 spiro atoms. The Morgan fingerprint density at radius 2 is 2.17 bits per heavy atom. The van der Waals surface area contributed by atoms with Crippen LogP contribution in [-0.2, 0) is 4.79 Å². The molecule has 0 aromatic carbocycles. The summed E-state index contributed by atoms with van der Waals surface area (Å²) in [6, 6.07) is 0. The van der Waals surface area contributed by atoms with Crippen LogP contribution < -0.4 is 0 Å². The lowest BCUT2D eigenvalue weighted by atomic mass is 9.95. The number of carbonyl (C=O) groups excluding carboxylic acids is 1. The van der Waals surface area contributed by atoms with Crippen molar-refractivity contribution in [2.24, 2.45) is 5.92 Å². The van der Waals surface area contributed by atoms with Gasteiger partial charge >= 0.3 is 0 Å². The molecule has 0 fully saturated rings. The molecule has 0 heterocycles. The van der Waals surface area contributed by atoms with Crippen LogP contribution in [0.3, 0.4) is 0 Å². The first-order valence-corrected chi connectivity index (χ1v) is 4.05. The Labute approximate surface area is 73.6 Å². The number of ketones is 1. The molecule has 0 bridgehead atoms. The molecule has 2 atom stereocenters. The number of hydrogen-bond acceptors (Lipinski definition) is 2. The van der Waals surface area contributed by atoms with Crippen molar-refractivity contribution in [3.05, 3.63) is 25.3 Å². The highest BCUT2D eigenvalue weighted by Crippen LogP contribution is 2.12. The lowest BCUT2D eigenvalue weighted by Crippen LogP contribution is -2.24. The molecular formula is C10H16O2. The van der Waals surface area contributed by atoms with Crippen molar-refractivity contribution in [2.45, 2.75) is 25.9 Å². The van der Waals surface area contributed by atoms with Gasteiger partial charge in [-0.1, -0.05) is 12.2 Å². The van der Waals surface area contributed by atoms with Crippen molar-refractivity contribution in [3.63, 3.8) is 0 Å². The molecule has 0 aromatic rings. The molecule has 0 saturated carbocycles. The summed E-state index contributed by atoms with van der Waals surface area (Å²) in [4.78, 5) is 10.9. The van der Waals surface area contributed by atoms with Gasteiger partial charge in [-0.2, -0.15) is 0 Å². The maximum Gasteiger partial charge on any atom is 0.139 e. The average molecular weight is 168 g/mol. The van der Waals surface area contributed by atoms with Gasteiger partial charge in [0.25, 0.3) is 0 Å². The topological polar surface area (TPSA) is 37.3 Å². The first-order valence-electron chi connectivity index (χ1n) is 4.05. The van der Waals surface area contributed by atoms with Crippen LogP contribution >= 0.6 is 0 Å². The summed E-state index contributed by atoms with van der Waals surface area (Å²) < 4.78 is 0. The van der Waals surface area contributed by atoms with E-state index in [2.05, 4.69) is 13.2 Å². The van der Waals surface area contributed by atoms with Gasteiger partial charge in [0.2, 0.25) is 0 Å². The van der Waals surface area contributed by atoms with Gasteiger partial charge in [-0.3, -0.25) is 4.79 Å². The highest BCUT2D eigenvalue weighted by molar-refractivity contribution is 5.80. The van der Waals surface area contributed by atoms with E-state index in [9.17, 15) is 9.90 Å². The van der Waals surface area contributed by atoms with Crippen molar-refractivity contribution in [1.29, 1.82) is 0 Å². The summed E-state index contributed by atoms with van der Waals surface area (Å²) in [5.74, 6) is -0.466. The highest BCUT2D eigenvalue weighted by atomic mass is 16.3. The summed E-state index contributed by atoms with van der Waals surface area (Å²) in [5, 5.41) is 9.47. The van der Waals surface area contributed by atoms with Crippen molar-refractivity contribution < 1.29 is 9.90 Å². The van der Waals surface area contributed by atoms with Crippen molar-refractivity contribution in [2.75, 3.05) is 0 Å². The van der Waals surface area contributed by atoms with Gasteiger partial charge in [0.1, 0.15) is 5.78 Å². The molecule has 12 heavy (non-hydrogen) atoms. The fourth-order valence-electron chi connectivity index (χ4n) is 1.06. The highest BCUT2D eigenvalue weighted by Gasteiger charge is 2.18. The molecule has 0 saturated heterocycles. The van der Waals surface area contributed by atoms with E-state index in [4.69, 9.17) is 0 Å². The summed E-state index contributed by atoms with van der Waals surface area (Å²) >= 11 is 0. The fourth-order valence-corrected chi connectivity index (χ4v) is 1.06. The summed E-state index contributed by atoms with van der Waals surface area (Å²) in [5.41, 5.74) is 0. The maximum absolute atomic E-state index is 10.9. The Kier molecular flexibility index (Phi) is 5.30. The zero-order valence-corrected chi connectivity index (χ0v) is 7.49. The number of carbonyl (C=O) groups is 1. The Morgan fingerprint density at radius 3 is 2.50 bits per heavy atom.